The molecule has 3 amide bonds. The Labute approximate surface area is 193 Å². The van der Waals surface area contributed by atoms with Gasteiger partial charge in [-0.1, -0.05) is 44.3 Å². The van der Waals surface area contributed by atoms with Crippen molar-refractivity contribution in [3.63, 3.8) is 0 Å². The molecule has 6 atom stereocenters. The first kappa shape index (κ1) is 21.8. The van der Waals surface area contributed by atoms with E-state index in [1.165, 1.54) is 4.90 Å². The van der Waals surface area contributed by atoms with Gasteiger partial charge in [0.2, 0.25) is 17.7 Å². The van der Waals surface area contributed by atoms with Gasteiger partial charge in [0.05, 0.1) is 18.9 Å². The number of carbonyl (C=O) groups excluding carboxylic acids is 3. The molecule has 0 spiro atoms. The van der Waals surface area contributed by atoms with Crippen molar-refractivity contribution in [1.29, 1.82) is 0 Å². The monoisotopic (exact) mass is 540 g/mol. The Kier molecular flexibility index (Phi) is 6.53. The summed E-state index contributed by atoms with van der Waals surface area (Å²) < 4.78 is 5.16. The summed E-state index contributed by atoms with van der Waals surface area (Å²) in [5.41, 5.74) is 0.712. The minimum atomic E-state index is -0.144. The van der Waals surface area contributed by atoms with E-state index in [9.17, 15) is 14.4 Å². The molecule has 3 fully saturated rings. The summed E-state index contributed by atoms with van der Waals surface area (Å²) in [5.74, 6) is 0.896. The molecule has 30 heavy (non-hydrogen) atoms. The largest absolute Gasteiger partial charge is 0.497 e. The number of hydrogen-bond acceptors (Lipinski definition) is 4. The Morgan fingerprint density at radius 3 is 2.40 bits per heavy atom. The van der Waals surface area contributed by atoms with E-state index in [0.717, 1.165) is 25.7 Å². The third-order valence-corrected chi connectivity index (χ3v) is 9.92. The summed E-state index contributed by atoms with van der Waals surface area (Å²) in [5, 5.41) is 2.87. The summed E-state index contributed by atoms with van der Waals surface area (Å²) in [4.78, 5) is 39.9. The summed E-state index contributed by atoms with van der Waals surface area (Å²) in [7, 11) is 1.59. The van der Waals surface area contributed by atoms with E-state index in [1.807, 2.05) is 18.2 Å². The molecule has 3 aliphatic rings. The fraction of sp³-hybridized carbons (Fsp3) is 0.591. The van der Waals surface area contributed by atoms with Gasteiger partial charge in [-0.2, -0.15) is 0 Å². The number of carbonyl (C=O) groups is 3. The maximum absolute atomic E-state index is 12.9. The number of ether oxygens (including phenoxy) is 1. The van der Waals surface area contributed by atoms with Crippen LogP contribution in [0.2, 0.25) is 0 Å². The van der Waals surface area contributed by atoms with Crippen LogP contribution in [0, 0.1) is 23.7 Å². The topological polar surface area (TPSA) is 75.7 Å². The molecule has 1 saturated heterocycles. The molecule has 0 aromatic heterocycles. The van der Waals surface area contributed by atoms with Crippen molar-refractivity contribution in [2.24, 2.45) is 23.7 Å². The third kappa shape index (κ3) is 3.93. The number of nitrogens with zero attached hydrogens (tertiary/aromatic N) is 1. The second kappa shape index (κ2) is 8.99. The number of imide groups is 1. The number of halogens is 2. The zero-order valence-corrected chi connectivity index (χ0v) is 20.0. The van der Waals surface area contributed by atoms with Crippen molar-refractivity contribution < 1.29 is 19.1 Å². The maximum atomic E-state index is 12.9. The number of methoxy groups -OCH3 is 1. The van der Waals surface area contributed by atoms with Crippen LogP contribution in [-0.4, -0.2) is 45.9 Å². The van der Waals surface area contributed by atoms with Gasteiger partial charge in [-0.3, -0.25) is 19.3 Å². The van der Waals surface area contributed by atoms with Crippen LogP contribution < -0.4 is 10.1 Å². The Balaban J connectivity index is 1.20. The zero-order chi connectivity index (χ0) is 21.4. The highest BCUT2D eigenvalue weighted by molar-refractivity contribution is 9.12. The molecule has 8 heteroatoms. The predicted molar refractivity (Wildman–Crippen MR) is 121 cm³/mol. The average Bonchev–Trinajstić information content (AvgIpc) is 3.34. The summed E-state index contributed by atoms with van der Waals surface area (Å²) in [6.07, 6.45) is 3.61. The van der Waals surface area contributed by atoms with Gasteiger partial charge in [-0.25, -0.2) is 0 Å². The molecule has 1 aromatic rings. The highest BCUT2D eigenvalue weighted by atomic mass is 79.9. The van der Waals surface area contributed by atoms with Crippen LogP contribution in [0.5, 0.6) is 5.75 Å². The first-order chi connectivity index (χ1) is 14.4. The minimum absolute atomic E-state index is 0.0112. The fourth-order valence-corrected chi connectivity index (χ4v) is 7.16. The molecule has 1 aliphatic heterocycles. The van der Waals surface area contributed by atoms with E-state index in [2.05, 4.69) is 37.2 Å². The van der Waals surface area contributed by atoms with E-state index < -0.39 is 0 Å². The molecule has 0 radical (unpaired) electrons. The molecule has 0 unspecified atom stereocenters. The number of unbranched alkanes of at least 4 members (excludes halogenated alkanes) is 2. The van der Waals surface area contributed by atoms with Crippen molar-refractivity contribution in [2.45, 2.75) is 41.8 Å². The molecule has 2 aliphatic carbocycles. The highest BCUT2D eigenvalue weighted by Crippen LogP contribution is 2.60. The molecular formula is C22H26Br2N2O4. The normalized spacial score (nSPS) is 31.9. The Morgan fingerprint density at radius 2 is 1.77 bits per heavy atom. The van der Waals surface area contributed by atoms with Crippen LogP contribution in [0.4, 0.5) is 5.69 Å². The third-order valence-electron chi connectivity index (χ3n) is 6.72. The number of benzene rings is 1. The van der Waals surface area contributed by atoms with Crippen molar-refractivity contribution in [2.75, 3.05) is 19.0 Å². The maximum Gasteiger partial charge on any atom is 0.233 e. The van der Waals surface area contributed by atoms with Crippen LogP contribution in [-0.2, 0) is 14.4 Å². The molecule has 4 rings (SSSR count). The lowest BCUT2D eigenvalue weighted by Crippen LogP contribution is -2.37. The second-order valence-corrected chi connectivity index (χ2v) is 10.5. The molecule has 2 saturated carbocycles. The quantitative estimate of drug-likeness (QED) is 0.307. The van der Waals surface area contributed by atoms with Gasteiger partial charge in [0, 0.05) is 34.4 Å². The average molecular weight is 542 g/mol. The lowest BCUT2D eigenvalue weighted by molar-refractivity contribution is -0.140. The lowest BCUT2D eigenvalue weighted by atomic mass is 9.81. The molecule has 1 aromatic carbocycles. The molecule has 1 heterocycles. The summed E-state index contributed by atoms with van der Waals surface area (Å²) >= 11 is 7.42. The van der Waals surface area contributed by atoms with Crippen LogP contribution >= 0.6 is 31.9 Å². The van der Waals surface area contributed by atoms with Gasteiger partial charge in [0.25, 0.3) is 0 Å². The van der Waals surface area contributed by atoms with Crippen LogP contribution in [0.25, 0.3) is 0 Å². The SMILES string of the molecule is COc1cccc(NC(=O)CCCCCN2C(=O)[C@@H]3[C@H]4C[C@@H]([C@H](Br)[C@H]4Br)[C@H]3C2=O)c1. The molecule has 2 bridgehead atoms. The van der Waals surface area contributed by atoms with Gasteiger partial charge in [-0.05, 0) is 43.2 Å². The summed E-state index contributed by atoms with van der Waals surface area (Å²) in [6.45, 7) is 0.460. The summed E-state index contributed by atoms with van der Waals surface area (Å²) in [6, 6.07) is 7.26. The standard InChI is InChI=1S/C22H26Br2N2O4/c1-30-13-7-5-6-12(10-13)25-16(27)8-3-2-4-9-26-21(28)17-14-11-15(18(17)22(26)29)20(24)19(14)23/h5-7,10,14-15,17-20H,2-4,8-9,11H2,1H3,(H,25,27)/t14-,15-,17-,18-,19+,20+/m1/s1. The van der Waals surface area contributed by atoms with E-state index in [1.54, 1.807) is 13.2 Å². The number of likely N-dealkylation sites (tertiary alicyclic amines) is 1. The number of alkyl halides is 2. The minimum Gasteiger partial charge on any atom is -0.497 e. The van der Waals surface area contributed by atoms with Gasteiger partial charge < -0.3 is 10.1 Å². The van der Waals surface area contributed by atoms with Crippen LogP contribution in [0.15, 0.2) is 24.3 Å². The van der Waals surface area contributed by atoms with Crippen LogP contribution in [0.1, 0.15) is 32.1 Å². The van der Waals surface area contributed by atoms with Crippen molar-refractivity contribution in [3.05, 3.63) is 24.3 Å². The molecule has 1 N–H and O–H groups in total. The predicted octanol–water partition coefficient (Wildman–Crippen LogP) is 3.97. The fourth-order valence-electron chi connectivity index (χ4n) is 5.29. The Hall–Kier alpha value is -1.41. The number of fused-ring (bicyclic) bond motifs is 5. The number of hydrogen-bond donors (Lipinski definition) is 1. The van der Waals surface area contributed by atoms with E-state index in [4.69, 9.17) is 4.74 Å². The molecule has 162 valence electrons. The van der Waals surface area contributed by atoms with Crippen molar-refractivity contribution in [3.8, 4) is 5.75 Å². The number of anilines is 1. The van der Waals surface area contributed by atoms with Gasteiger partial charge in [0.1, 0.15) is 5.75 Å². The lowest BCUT2D eigenvalue weighted by Gasteiger charge is -2.28. The Morgan fingerprint density at radius 1 is 1.10 bits per heavy atom. The molecule has 6 nitrogen and oxygen atoms in total. The van der Waals surface area contributed by atoms with E-state index >= 15 is 0 Å². The zero-order valence-electron chi connectivity index (χ0n) is 16.9. The number of amides is 3. The van der Waals surface area contributed by atoms with Crippen LogP contribution in [0.3, 0.4) is 0 Å². The van der Waals surface area contributed by atoms with Crippen molar-refractivity contribution in [1.82, 2.24) is 4.90 Å². The van der Waals surface area contributed by atoms with E-state index in [0.29, 0.717) is 24.4 Å². The first-order valence-corrected chi connectivity index (χ1v) is 12.3. The first-order valence-electron chi connectivity index (χ1n) is 10.5. The van der Waals surface area contributed by atoms with Crippen molar-refractivity contribution >= 4 is 55.3 Å². The molecular weight excluding hydrogens is 516 g/mol. The van der Waals surface area contributed by atoms with Gasteiger partial charge >= 0.3 is 0 Å². The number of nitrogens with one attached hydrogen (secondary N) is 1. The highest BCUT2D eigenvalue weighted by Gasteiger charge is 2.66. The smallest absolute Gasteiger partial charge is 0.233 e. The van der Waals surface area contributed by atoms with Gasteiger partial charge in [-0.15, -0.1) is 0 Å². The number of rotatable bonds is 8. The van der Waals surface area contributed by atoms with Gasteiger partial charge in [0.15, 0.2) is 0 Å². The second-order valence-electron chi connectivity index (χ2n) is 8.42. The van der Waals surface area contributed by atoms with E-state index in [-0.39, 0.29) is 51.0 Å². The Bertz CT molecular complexity index is 816.